The normalized spacial score (nSPS) is 13.4. The van der Waals surface area contributed by atoms with Crippen molar-refractivity contribution >= 4 is 17.7 Å². The van der Waals surface area contributed by atoms with Gasteiger partial charge in [-0.05, 0) is 36.6 Å². The standard InChI is InChI=1S/C23H23F3N2O4/c1-15-4-9-18-19(11-15)22(31)28(21(18)30)10-2-3-20(29)27-12-16-5-7-17(8-6-16)13-32-14-23(24,25)26/h4-9,11H,2-3,10,12-14H2,1H3,(H,27,29). The molecule has 170 valence electrons. The first kappa shape index (κ1) is 23.5. The molecule has 0 aromatic heterocycles. The molecule has 0 spiro atoms. The van der Waals surface area contributed by atoms with Crippen molar-refractivity contribution in [2.45, 2.75) is 39.1 Å². The van der Waals surface area contributed by atoms with E-state index in [1.165, 1.54) is 0 Å². The van der Waals surface area contributed by atoms with Gasteiger partial charge in [-0.15, -0.1) is 0 Å². The van der Waals surface area contributed by atoms with Crippen LogP contribution in [0.3, 0.4) is 0 Å². The fourth-order valence-corrected chi connectivity index (χ4v) is 3.33. The molecule has 9 heteroatoms. The number of amides is 3. The van der Waals surface area contributed by atoms with Gasteiger partial charge in [0.1, 0.15) is 6.61 Å². The summed E-state index contributed by atoms with van der Waals surface area (Å²) in [6.45, 7) is 0.815. The highest BCUT2D eigenvalue weighted by Crippen LogP contribution is 2.24. The predicted molar refractivity (Wildman–Crippen MR) is 110 cm³/mol. The molecule has 1 heterocycles. The lowest BCUT2D eigenvalue weighted by Gasteiger charge is -2.13. The van der Waals surface area contributed by atoms with E-state index in [1.54, 1.807) is 42.5 Å². The number of hydrogen-bond donors (Lipinski definition) is 1. The van der Waals surface area contributed by atoms with Gasteiger partial charge in [0.2, 0.25) is 5.91 Å². The molecule has 0 saturated heterocycles. The monoisotopic (exact) mass is 448 g/mol. The number of nitrogens with one attached hydrogen (secondary N) is 1. The van der Waals surface area contributed by atoms with Crippen LogP contribution in [0.1, 0.15) is 50.2 Å². The minimum Gasteiger partial charge on any atom is -0.367 e. The number of fused-ring (bicyclic) bond motifs is 1. The zero-order valence-corrected chi connectivity index (χ0v) is 17.5. The quantitative estimate of drug-likeness (QED) is 0.593. The Morgan fingerprint density at radius 2 is 1.66 bits per heavy atom. The summed E-state index contributed by atoms with van der Waals surface area (Å²) < 4.78 is 40.9. The van der Waals surface area contributed by atoms with Gasteiger partial charge in [-0.1, -0.05) is 35.9 Å². The summed E-state index contributed by atoms with van der Waals surface area (Å²) >= 11 is 0. The highest BCUT2D eigenvalue weighted by molar-refractivity contribution is 6.21. The molecule has 3 rings (SSSR count). The van der Waals surface area contributed by atoms with Crippen LogP contribution in [0.25, 0.3) is 0 Å². The molecule has 0 fully saturated rings. The third kappa shape index (κ3) is 6.16. The van der Waals surface area contributed by atoms with Gasteiger partial charge in [0.05, 0.1) is 17.7 Å². The van der Waals surface area contributed by atoms with Crippen molar-refractivity contribution in [2.75, 3.05) is 13.2 Å². The maximum absolute atomic E-state index is 12.4. The van der Waals surface area contributed by atoms with Crippen molar-refractivity contribution in [2.24, 2.45) is 0 Å². The third-order valence-electron chi connectivity index (χ3n) is 4.96. The van der Waals surface area contributed by atoms with Gasteiger partial charge in [-0.25, -0.2) is 0 Å². The van der Waals surface area contributed by atoms with Gasteiger partial charge in [0.25, 0.3) is 11.8 Å². The van der Waals surface area contributed by atoms with E-state index >= 15 is 0 Å². The molecule has 0 unspecified atom stereocenters. The van der Waals surface area contributed by atoms with Crippen LogP contribution < -0.4 is 5.32 Å². The van der Waals surface area contributed by atoms with Crippen LogP contribution >= 0.6 is 0 Å². The van der Waals surface area contributed by atoms with E-state index in [4.69, 9.17) is 0 Å². The van der Waals surface area contributed by atoms with Crippen LogP contribution in [0.2, 0.25) is 0 Å². The third-order valence-corrected chi connectivity index (χ3v) is 4.96. The van der Waals surface area contributed by atoms with Crippen molar-refractivity contribution < 1.29 is 32.3 Å². The van der Waals surface area contributed by atoms with Crippen LogP contribution in [0, 0.1) is 6.92 Å². The number of carbonyl (C=O) groups excluding carboxylic acids is 3. The molecule has 0 saturated carbocycles. The Balaban J connectivity index is 1.39. The largest absolute Gasteiger partial charge is 0.411 e. The van der Waals surface area contributed by atoms with E-state index in [9.17, 15) is 27.6 Å². The second kappa shape index (κ2) is 9.95. The summed E-state index contributed by atoms with van der Waals surface area (Å²) in [4.78, 5) is 38.1. The number of imide groups is 1. The first-order chi connectivity index (χ1) is 15.1. The van der Waals surface area contributed by atoms with Gasteiger partial charge in [0, 0.05) is 19.5 Å². The van der Waals surface area contributed by atoms with Crippen molar-refractivity contribution in [3.63, 3.8) is 0 Å². The summed E-state index contributed by atoms with van der Waals surface area (Å²) in [5.74, 6) is -0.909. The van der Waals surface area contributed by atoms with Crippen LogP contribution in [0.5, 0.6) is 0 Å². The fourth-order valence-electron chi connectivity index (χ4n) is 3.33. The zero-order chi connectivity index (χ0) is 23.3. The van der Waals surface area contributed by atoms with Crippen molar-refractivity contribution in [1.29, 1.82) is 0 Å². The SMILES string of the molecule is Cc1ccc2c(c1)C(=O)N(CCCC(=O)NCc1ccc(COCC(F)(F)F)cc1)C2=O. The smallest absolute Gasteiger partial charge is 0.367 e. The Labute approximate surface area is 183 Å². The maximum atomic E-state index is 12.4. The molecule has 0 radical (unpaired) electrons. The topological polar surface area (TPSA) is 75.7 Å². The number of nitrogens with zero attached hydrogens (tertiary/aromatic N) is 1. The molecule has 0 aliphatic carbocycles. The molecular weight excluding hydrogens is 425 g/mol. The summed E-state index contributed by atoms with van der Waals surface area (Å²) in [5, 5.41) is 2.75. The highest BCUT2D eigenvalue weighted by atomic mass is 19.4. The van der Waals surface area contributed by atoms with Crippen molar-refractivity contribution in [3.8, 4) is 0 Å². The van der Waals surface area contributed by atoms with E-state index in [0.29, 0.717) is 23.1 Å². The van der Waals surface area contributed by atoms with Gasteiger partial charge in [0.15, 0.2) is 0 Å². The minimum absolute atomic E-state index is 0.149. The fraction of sp³-hybridized carbons (Fsp3) is 0.348. The summed E-state index contributed by atoms with van der Waals surface area (Å²) in [6.07, 6.45) is -3.87. The molecule has 1 N–H and O–H groups in total. The number of hydrogen-bond acceptors (Lipinski definition) is 4. The Morgan fingerprint density at radius 1 is 1.00 bits per heavy atom. The number of ether oxygens (including phenoxy) is 1. The zero-order valence-electron chi connectivity index (χ0n) is 17.5. The lowest BCUT2D eigenvalue weighted by Crippen LogP contribution is -2.32. The highest BCUT2D eigenvalue weighted by Gasteiger charge is 2.35. The average Bonchev–Trinajstić information content (AvgIpc) is 2.96. The lowest BCUT2D eigenvalue weighted by atomic mass is 10.1. The van der Waals surface area contributed by atoms with Crippen molar-refractivity contribution in [3.05, 3.63) is 70.3 Å². The van der Waals surface area contributed by atoms with Crippen LogP contribution in [-0.2, 0) is 22.7 Å². The molecule has 32 heavy (non-hydrogen) atoms. The average molecular weight is 448 g/mol. The van der Waals surface area contributed by atoms with Crippen LogP contribution in [-0.4, -0.2) is 41.9 Å². The molecule has 1 aliphatic heterocycles. The van der Waals surface area contributed by atoms with Crippen molar-refractivity contribution in [1.82, 2.24) is 10.2 Å². The maximum Gasteiger partial charge on any atom is 0.411 e. The van der Waals surface area contributed by atoms with Gasteiger partial charge in [-0.3, -0.25) is 19.3 Å². The Bertz CT molecular complexity index is 1000. The van der Waals surface area contributed by atoms with E-state index in [2.05, 4.69) is 10.1 Å². The van der Waals surface area contributed by atoms with E-state index in [1.807, 2.05) is 6.92 Å². The van der Waals surface area contributed by atoms with Gasteiger partial charge < -0.3 is 10.1 Å². The predicted octanol–water partition coefficient (Wildman–Crippen LogP) is 3.77. The molecular formula is C23H23F3N2O4. The number of carbonyl (C=O) groups is 3. The number of rotatable bonds is 9. The Kier molecular flexibility index (Phi) is 7.29. The molecule has 1 aliphatic rings. The Morgan fingerprint density at radius 3 is 2.34 bits per heavy atom. The van der Waals surface area contributed by atoms with E-state index in [-0.39, 0.29) is 43.8 Å². The molecule has 2 aromatic rings. The summed E-state index contributed by atoms with van der Waals surface area (Å²) in [6, 6.07) is 11.8. The molecule has 6 nitrogen and oxygen atoms in total. The minimum atomic E-state index is -4.36. The summed E-state index contributed by atoms with van der Waals surface area (Å²) in [5.41, 5.74) is 3.06. The Hall–Kier alpha value is -3.20. The second-order valence-electron chi connectivity index (χ2n) is 7.62. The summed E-state index contributed by atoms with van der Waals surface area (Å²) in [7, 11) is 0. The number of halogens is 3. The molecule has 2 aromatic carbocycles. The van der Waals surface area contributed by atoms with E-state index < -0.39 is 12.8 Å². The lowest BCUT2D eigenvalue weighted by molar-refractivity contribution is -0.176. The number of aryl methyl sites for hydroxylation is 1. The van der Waals surface area contributed by atoms with Crippen LogP contribution in [0.4, 0.5) is 13.2 Å². The van der Waals surface area contributed by atoms with Gasteiger partial charge in [-0.2, -0.15) is 13.2 Å². The number of benzene rings is 2. The number of alkyl halides is 3. The first-order valence-electron chi connectivity index (χ1n) is 10.1. The van der Waals surface area contributed by atoms with Gasteiger partial charge >= 0.3 is 6.18 Å². The second-order valence-corrected chi connectivity index (χ2v) is 7.62. The van der Waals surface area contributed by atoms with E-state index in [0.717, 1.165) is 16.0 Å². The van der Waals surface area contributed by atoms with Crippen LogP contribution in [0.15, 0.2) is 42.5 Å². The molecule has 3 amide bonds. The molecule has 0 atom stereocenters. The first-order valence-corrected chi connectivity index (χ1v) is 10.1. The molecule has 0 bridgehead atoms.